The van der Waals surface area contributed by atoms with Gasteiger partial charge in [0, 0.05) is 23.3 Å². The number of hydrazone groups is 1. The number of unbranched alkanes of at least 4 members (excludes halogenated alkanes) is 2. The van der Waals surface area contributed by atoms with Crippen LogP contribution in [0.4, 0.5) is 0 Å². The average molecular weight is 350 g/mol. The topological polar surface area (TPSA) is 52.9 Å². The van der Waals surface area contributed by atoms with E-state index in [1.54, 1.807) is 12.1 Å². The molecule has 3 rings (SSSR count). The number of hydrogen-bond acceptors (Lipinski definition) is 3. The zero-order valence-corrected chi connectivity index (χ0v) is 15.5. The molecule has 0 saturated heterocycles. The molecule has 2 aromatic carbocycles. The Morgan fingerprint density at radius 3 is 2.46 bits per heavy atom. The molecule has 0 bridgehead atoms. The Morgan fingerprint density at radius 1 is 1.12 bits per heavy atom. The second kappa shape index (κ2) is 7.83. The highest BCUT2D eigenvalue weighted by atomic mass is 16.3. The SMILES string of the molecule is CCCCCC1=NN(C(=O)c2ccc(C)cc2)C(O)(c2ccccc2)C1. The van der Waals surface area contributed by atoms with Gasteiger partial charge < -0.3 is 5.11 Å². The van der Waals surface area contributed by atoms with E-state index in [0.29, 0.717) is 17.5 Å². The fraction of sp³-hybridized carbons (Fsp3) is 0.364. The van der Waals surface area contributed by atoms with Crippen molar-refractivity contribution in [2.45, 2.75) is 51.7 Å². The van der Waals surface area contributed by atoms with Gasteiger partial charge in [0.2, 0.25) is 0 Å². The van der Waals surface area contributed by atoms with Gasteiger partial charge in [0.1, 0.15) is 0 Å². The Kier molecular flexibility index (Phi) is 5.52. The lowest BCUT2D eigenvalue weighted by molar-refractivity contribution is -0.0765. The lowest BCUT2D eigenvalue weighted by atomic mass is 9.95. The highest BCUT2D eigenvalue weighted by molar-refractivity contribution is 5.98. The number of carbonyl (C=O) groups is 1. The predicted octanol–water partition coefficient (Wildman–Crippen LogP) is 4.62. The molecule has 2 aromatic rings. The molecular weight excluding hydrogens is 324 g/mol. The van der Waals surface area contributed by atoms with E-state index in [-0.39, 0.29) is 5.91 Å². The van der Waals surface area contributed by atoms with E-state index in [9.17, 15) is 9.90 Å². The molecule has 1 N–H and O–H groups in total. The lowest BCUT2D eigenvalue weighted by Crippen LogP contribution is -2.43. The van der Waals surface area contributed by atoms with Crippen molar-refractivity contribution in [3.05, 3.63) is 71.3 Å². The van der Waals surface area contributed by atoms with Crippen LogP contribution >= 0.6 is 0 Å². The Labute approximate surface area is 155 Å². The maximum Gasteiger partial charge on any atom is 0.276 e. The van der Waals surface area contributed by atoms with Gasteiger partial charge in [-0.1, -0.05) is 67.8 Å². The van der Waals surface area contributed by atoms with Crippen LogP contribution in [-0.4, -0.2) is 21.7 Å². The third-order valence-electron chi connectivity index (χ3n) is 4.84. The summed E-state index contributed by atoms with van der Waals surface area (Å²) in [6.45, 7) is 4.14. The van der Waals surface area contributed by atoms with Gasteiger partial charge in [-0.3, -0.25) is 4.79 Å². The maximum absolute atomic E-state index is 13.1. The van der Waals surface area contributed by atoms with Crippen molar-refractivity contribution in [2.75, 3.05) is 0 Å². The summed E-state index contributed by atoms with van der Waals surface area (Å²) in [6, 6.07) is 16.7. The lowest BCUT2D eigenvalue weighted by Gasteiger charge is -2.31. The third kappa shape index (κ3) is 3.70. The molecule has 0 fully saturated rings. The van der Waals surface area contributed by atoms with Crippen LogP contribution in [0.3, 0.4) is 0 Å². The maximum atomic E-state index is 13.1. The first-order valence-electron chi connectivity index (χ1n) is 9.30. The summed E-state index contributed by atoms with van der Waals surface area (Å²) in [4.78, 5) is 13.1. The number of rotatable bonds is 6. The van der Waals surface area contributed by atoms with E-state index < -0.39 is 5.72 Å². The molecule has 0 aliphatic carbocycles. The molecule has 1 heterocycles. The number of aryl methyl sites for hydroxylation is 1. The molecule has 0 spiro atoms. The van der Waals surface area contributed by atoms with Gasteiger partial charge in [-0.15, -0.1) is 0 Å². The van der Waals surface area contributed by atoms with E-state index in [2.05, 4.69) is 12.0 Å². The summed E-state index contributed by atoms with van der Waals surface area (Å²) >= 11 is 0. The van der Waals surface area contributed by atoms with Crippen molar-refractivity contribution in [3.63, 3.8) is 0 Å². The Hall–Kier alpha value is -2.46. The highest BCUT2D eigenvalue weighted by Crippen LogP contribution is 2.37. The molecule has 1 unspecified atom stereocenters. The summed E-state index contributed by atoms with van der Waals surface area (Å²) < 4.78 is 0. The number of hydrogen-bond donors (Lipinski definition) is 1. The van der Waals surface area contributed by atoms with Gasteiger partial charge in [-0.05, 0) is 31.9 Å². The zero-order chi connectivity index (χ0) is 18.6. The van der Waals surface area contributed by atoms with Gasteiger partial charge in [-0.2, -0.15) is 10.1 Å². The number of nitrogens with zero attached hydrogens (tertiary/aromatic N) is 2. The quantitative estimate of drug-likeness (QED) is 0.773. The van der Waals surface area contributed by atoms with Crippen molar-refractivity contribution in [2.24, 2.45) is 5.10 Å². The van der Waals surface area contributed by atoms with E-state index >= 15 is 0 Å². The molecule has 26 heavy (non-hydrogen) atoms. The van der Waals surface area contributed by atoms with E-state index in [0.717, 1.165) is 37.0 Å². The molecule has 1 aliphatic rings. The Balaban J connectivity index is 1.92. The predicted molar refractivity (Wildman–Crippen MR) is 104 cm³/mol. The fourth-order valence-electron chi connectivity index (χ4n) is 3.30. The van der Waals surface area contributed by atoms with Crippen LogP contribution in [0.1, 0.15) is 60.5 Å². The van der Waals surface area contributed by atoms with Crippen molar-refractivity contribution in [1.82, 2.24) is 5.01 Å². The Bertz CT molecular complexity index is 784. The summed E-state index contributed by atoms with van der Waals surface area (Å²) in [5, 5.41) is 17.2. The van der Waals surface area contributed by atoms with Crippen molar-refractivity contribution in [3.8, 4) is 0 Å². The van der Waals surface area contributed by atoms with Crippen molar-refractivity contribution < 1.29 is 9.90 Å². The summed E-state index contributed by atoms with van der Waals surface area (Å²) in [5.74, 6) is -0.276. The second-order valence-corrected chi connectivity index (χ2v) is 6.97. The molecule has 1 amide bonds. The second-order valence-electron chi connectivity index (χ2n) is 6.97. The molecule has 4 heteroatoms. The van der Waals surface area contributed by atoms with Gasteiger partial charge in [-0.25, -0.2) is 0 Å². The normalized spacial score (nSPS) is 19.5. The van der Waals surface area contributed by atoms with Gasteiger partial charge in [0.15, 0.2) is 5.72 Å². The highest BCUT2D eigenvalue weighted by Gasteiger charge is 2.45. The van der Waals surface area contributed by atoms with Crippen LogP contribution in [0.25, 0.3) is 0 Å². The number of aliphatic hydroxyl groups is 1. The van der Waals surface area contributed by atoms with Crippen molar-refractivity contribution in [1.29, 1.82) is 0 Å². The Morgan fingerprint density at radius 2 is 1.81 bits per heavy atom. The molecule has 1 atom stereocenters. The van der Waals surface area contributed by atoms with Crippen LogP contribution in [-0.2, 0) is 5.72 Å². The third-order valence-corrected chi connectivity index (χ3v) is 4.84. The first-order chi connectivity index (χ1) is 12.5. The smallest absolute Gasteiger partial charge is 0.276 e. The molecule has 136 valence electrons. The van der Waals surface area contributed by atoms with Crippen LogP contribution < -0.4 is 0 Å². The summed E-state index contributed by atoms with van der Waals surface area (Å²) in [5.41, 5.74) is 1.76. The monoisotopic (exact) mass is 350 g/mol. The summed E-state index contributed by atoms with van der Waals surface area (Å²) in [7, 11) is 0. The van der Waals surface area contributed by atoms with Gasteiger partial charge in [0.25, 0.3) is 5.91 Å². The van der Waals surface area contributed by atoms with E-state index in [1.165, 1.54) is 5.01 Å². The first-order valence-corrected chi connectivity index (χ1v) is 9.30. The van der Waals surface area contributed by atoms with Crippen LogP contribution in [0.15, 0.2) is 59.7 Å². The minimum Gasteiger partial charge on any atom is -0.365 e. The van der Waals surface area contributed by atoms with E-state index in [1.807, 2.05) is 49.4 Å². The minimum atomic E-state index is -1.43. The molecule has 0 aromatic heterocycles. The first kappa shape index (κ1) is 18.3. The molecule has 0 saturated carbocycles. The number of benzene rings is 2. The zero-order valence-electron chi connectivity index (χ0n) is 15.5. The van der Waals surface area contributed by atoms with Gasteiger partial charge >= 0.3 is 0 Å². The molecule has 1 aliphatic heterocycles. The van der Waals surface area contributed by atoms with Crippen molar-refractivity contribution >= 4 is 11.6 Å². The summed E-state index contributed by atoms with van der Waals surface area (Å²) in [6.07, 6.45) is 4.43. The van der Waals surface area contributed by atoms with Crippen LogP contribution in [0.2, 0.25) is 0 Å². The number of carbonyl (C=O) groups excluding carboxylic acids is 1. The van der Waals surface area contributed by atoms with Crippen LogP contribution in [0, 0.1) is 6.92 Å². The van der Waals surface area contributed by atoms with Gasteiger partial charge in [0.05, 0.1) is 0 Å². The largest absolute Gasteiger partial charge is 0.365 e. The average Bonchev–Trinajstić information content (AvgIpc) is 3.00. The minimum absolute atomic E-state index is 0.276. The number of amides is 1. The molecule has 4 nitrogen and oxygen atoms in total. The standard InChI is InChI=1S/C22H26N2O2/c1-3-4-6-11-20-16-22(26,19-9-7-5-8-10-19)24(23-20)21(25)18-14-12-17(2)13-15-18/h5,7-10,12-15,26H,3-4,6,11,16H2,1-2H3. The fourth-order valence-corrected chi connectivity index (χ4v) is 3.30. The van der Waals surface area contributed by atoms with E-state index in [4.69, 9.17) is 0 Å². The molecule has 0 radical (unpaired) electrons. The molecular formula is C22H26N2O2. The van der Waals surface area contributed by atoms with Crippen LogP contribution in [0.5, 0.6) is 0 Å².